The number of aromatic nitrogens is 1. The molecule has 1 aromatic heterocycles. The van der Waals surface area contributed by atoms with Crippen LogP contribution in [0.4, 0.5) is 0 Å². The van der Waals surface area contributed by atoms with Crippen LogP contribution >= 0.6 is 0 Å². The third kappa shape index (κ3) is 2.03. The molecule has 1 aliphatic heterocycles. The molecule has 3 heteroatoms. The molecule has 92 valence electrons. The van der Waals surface area contributed by atoms with E-state index in [1.807, 2.05) is 18.3 Å². The summed E-state index contributed by atoms with van der Waals surface area (Å²) in [7, 11) is 0. The largest absolute Gasteiger partial charge is 0.329 e. The zero-order valence-electron chi connectivity index (χ0n) is 10.3. The Balaban J connectivity index is 1.83. The first-order valence-electron chi connectivity index (χ1n) is 6.30. The second-order valence-electron chi connectivity index (χ2n) is 4.68. The van der Waals surface area contributed by atoms with E-state index < -0.39 is 0 Å². The van der Waals surface area contributed by atoms with E-state index in [2.05, 4.69) is 40.2 Å². The second-order valence-corrected chi connectivity index (χ2v) is 4.68. The molecule has 1 atom stereocenters. The fourth-order valence-electron chi connectivity index (χ4n) is 2.67. The number of benzene rings is 1. The van der Waals surface area contributed by atoms with Crippen molar-refractivity contribution in [1.29, 1.82) is 0 Å². The van der Waals surface area contributed by atoms with E-state index in [9.17, 15) is 0 Å². The Morgan fingerprint density at radius 1 is 1.17 bits per heavy atom. The van der Waals surface area contributed by atoms with Gasteiger partial charge in [0.05, 0.1) is 5.69 Å². The van der Waals surface area contributed by atoms with Crippen molar-refractivity contribution < 1.29 is 0 Å². The van der Waals surface area contributed by atoms with Crippen molar-refractivity contribution in [2.45, 2.75) is 19.1 Å². The third-order valence-corrected chi connectivity index (χ3v) is 3.54. The molecular weight excluding hydrogens is 222 g/mol. The minimum Gasteiger partial charge on any atom is -0.329 e. The Morgan fingerprint density at radius 2 is 2.00 bits per heavy atom. The molecule has 3 rings (SSSR count). The summed E-state index contributed by atoms with van der Waals surface area (Å²) in [6.45, 7) is 2.48. The molecule has 0 spiro atoms. The Hall–Kier alpha value is -1.71. The highest BCUT2D eigenvalue weighted by molar-refractivity contribution is 5.34. The minimum atomic E-state index is 0.322. The highest BCUT2D eigenvalue weighted by Gasteiger charge is 2.28. The maximum absolute atomic E-state index is 5.93. The Labute approximate surface area is 107 Å². The maximum atomic E-state index is 5.93. The summed E-state index contributed by atoms with van der Waals surface area (Å²) in [4.78, 5) is 6.79. The average molecular weight is 239 g/mol. The van der Waals surface area contributed by atoms with Crippen LogP contribution in [-0.4, -0.2) is 16.4 Å². The molecule has 0 radical (unpaired) electrons. The summed E-state index contributed by atoms with van der Waals surface area (Å²) < 4.78 is 0. The van der Waals surface area contributed by atoms with Crippen LogP contribution in [0, 0.1) is 0 Å². The van der Waals surface area contributed by atoms with Crippen molar-refractivity contribution in [3.05, 3.63) is 65.5 Å². The van der Waals surface area contributed by atoms with Crippen LogP contribution in [0.5, 0.6) is 0 Å². The van der Waals surface area contributed by atoms with Gasteiger partial charge in [0.2, 0.25) is 0 Å². The third-order valence-electron chi connectivity index (χ3n) is 3.54. The monoisotopic (exact) mass is 239 g/mol. The van der Waals surface area contributed by atoms with Gasteiger partial charge in [-0.3, -0.25) is 9.88 Å². The first-order chi connectivity index (χ1) is 8.88. The molecule has 0 amide bonds. The molecular formula is C15H17N3. The molecule has 0 saturated heterocycles. The van der Waals surface area contributed by atoms with E-state index in [-0.39, 0.29) is 0 Å². The first kappa shape index (κ1) is 11.4. The van der Waals surface area contributed by atoms with E-state index in [0.717, 1.165) is 18.8 Å². The van der Waals surface area contributed by atoms with Crippen LogP contribution in [0.2, 0.25) is 0 Å². The predicted molar refractivity (Wildman–Crippen MR) is 71.7 cm³/mol. The fraction of sp³-hybridized carbons (Fsp3) is 0.267. The summed E-state index contributed by atoms with van der Waals surface area (Å²) in [6, 6.07) is 14.9. The summed E-state index contributed by atoms with van der Waals surface area (Å²) >= 11 is 0. The summed E-state index contributed by atoms with van der Waals surface area (Å²) in [5.41, 5.74) is 9.80. The smallest absolute Gasteiger partial charge is 0.0544 e. The number of nitrogens with two attached hydrogens (primary N) is 1. The van der Waals surface area contributed by atoms with Crippen molar-refractivity contribution in [3.63, 3.8) is 0 Å². The minimum absolute atomic E-state index is 0.322. The first-order valence-corrected chi connectivity index (χ1v) is 6.30. The van der Waals surface area contributed by atoms with E-state index in [0.29, 0.717) is 12.6 Å². The van der Waals surface area contributed by atoms with Crippen molar-refractivity contribution in [3.8, 4) is 0 Å². The van der Waals surface area contributed by atoms with Crippen LogP contribution in [0.15, 0.2) is 48.7 Å². The van der Waals surface area contributed by atoms with E-state index in [4.69, 9.17) is 5.73 Å². The van der Waals surface area contributed by atoms with Gasteiger partial charge < -0.3 is 5.73 Å². The van der Waals surface area contributed by atoms with Crippen molar-refractivity contribution >= 4 is 0 Å². The highest BCUT2D eigenvalue weighted by atomic mass is 15.2. The summed E-state index contributed by atoms with van der Waals surface area (Å²) in [5.74, 6) is 0. The number of hydrogen-bond donors (Lipinski definition) is 1. The van der Waals surface area contributed by atoms with Gasteiger partial charge in [-0.05, 0) is 23.3 Å². The lowest BCUT2D eigenvalue weighted by Gasteiger charge is -2.23. The molecule has 0 saturated carbocycles. The number of fused-ring (bicyclic) bond motifs is 1. The molecule has 1 aromatic carbocycles. The van der Waals surface area contributed by atoms with Crippen LogP contribution < -0.4 is 5.73 Å². The SMILES string of the molecule is NCC1c2ccccc2CN1Cc1ccccn1. The van der Waals surface area contributed by atoms with E-state index in [1.165, 1.54) is 11.1 Å². The molecule has 0 bridgehead atoms. The number of pyridine rings is 1. The van der Waals surface area contributed by atoms with Gasteiger partial charge in [0, 0.05) is 31.9 Å². The van der Waals surface area contributed by atoms with Gasteiger partial charge >= 0.3 is 0 Å². The summed E-state index contributed by atoms with van der Waals surface area (Å²) in [5, 5.41) is 0. The Kier molecular flexibility index (Phi) is 3.09. The molecule has 2 heterocycles. The Morgan fingerprint density at radius 3 is 2.78 bits per heavy atom. The van der Waals surface area contributed by atoms with Crippen LogP contribution in [0.25, 0.3) is 0 Å². The molecule has 2 N–H and O–H groups in total. The normalized spacial score (nSPS) is 18.8. The molecule has 1 aliphatic rings. The highest BCUT2D eigenvalue weighted by Crippen LogP contribution is 2.33. The summed E-state index contributed by atoms with van der Waals surface area (Å²) in [6.07, 6.45) is 1.84. The maximum Gasteiger partial charge on any atom is 0.0544 e. The lowest BCUT2D eigenvalue weighted by atomic mass is 10.1. The lowest BCUT2D eigenvalue weighted by Crippen LogP contribution is -2.27. The second kappa shape index (κ2) is 4.88. The van der Waals surface area contributed by atoms with Gasteiger partial charge in [-0.15, -0.1) is 0 Å². The number of hydrogen-bond acceptors (Lipinski definition) is 3. The van der Waals surface area contributed by atoms with Gasteiger partial charge in [0.1, 0.15) is 0 Å². The van der Waals surface area contributed by atoms with Gasteiger partial charge in [-0.1, -0.05) is 30.3 Å². The number of nitrogens with zero attached hydrogens (tertiary/aromatic N) is 2. The average Bonchev–Trinajstić information content (AvgIpc) is 2.77. The van der Waals surface area contributed by atoms with Gasteiger partial charge in [-0.25, -0.2) is 0 Å². The zero-order valence-corrected chi connectivity index (χ0v) is 10.3. The lowest BCUT2D eigenvalue weighted by molar-refractivity contribution is 0.208. The van der Waals surface area contributed by atoms with E-state index in [1.54, 1.807) is 0 Å². The van der Waals surface area contributed by atoms with E-state index >= 15 is 0 Å². The Bertz CT molecular complexity index is 524. The quantitative estimate of drug-likeness (QED) is 0.892. The van der Waals surface area contributed by atoms with Crippen molar-refractivity contribution in [2.75, 3.05) is 6.54 Å². The molecule has 3 nitrogen and oxygen atoms in total. The molecule has 0 aliphatic carbocycles. The van der Waals surface area contributed by atoms with Gasteiger partial charge in [0.25, 0.3) is 0 Å². The molecule has 2 aromatic rings. The number of rotatable bonds is 3. The zero-order chi connectivity index (χ0) is 12.4. The van der Waals surface area contributed by atoms with Gasteiger partial charge in [0.15, 0.2) is 0 Å². The molecule has 0 fully saturated rings. The molecule has 18 heavy (non-hydrogen) atoms. The van der Waals surface area contributed by atoms with Crippen LogP contribution in [0.1, 0.15) is 22.9 Å². The molecule has 1 unspecified atom stereocenters. The predicted octanol–water partition coefficient (Wildman–Crippen LogP) is 2.10. The van der Waals surface area contributed by atoms with Gasteiger partial charge in [-0.2, -0.15) is 0 Å². The topological polar surface area (TPSA) is 42.1 Å². The van der Waals surface area contributed by atoms with Crippen LogP contribution in [-0.2, 0) is 13.1 Å². The standard InChI is InChI=1S/C15H17N3/c16-9-15-14-7-2-1-5-12(14)10-18(15)11-13-6-3-4-8-17-13/h1-8,15H,9-11,16H2. The fourth-order valence-corrected chi connectivity index (χ4v) is 2.67. The van der Waals surface area contributed by atoms with Crippen LogP contribution in [0.3, 0.4) is 0 Å². The van der Waals surface area contributed by atoms with Crippen molar-refractivity contribution in [1.82, 2.24) is 9.88 Å². The van der Waals surface area contributed by atoms with Crippen molar-refractivity contribution in [2.24, 2.45) is 5.73 Å².